The molecular formula is C19H15NO2. The summed E-state index contributed by atoms with van der Waals surface area (Å²) in [6, 6.07) is 19.7. The van der Waals surface area contributed by atoms with Crippen molar-refractivity contribution in [2.45, 2.75) is 6.42 Å². The Bertz CT molecular complexity index is 783. The number of nitrogens with zero attached hydrogens (tertiary/aromatic N) is 1. The molecular weight excluding hydrogens is 274 g/mol. The molecule has 3 heteroatoms. The van der Waals surface area contributed by atoms with Crippen LogP contribution in [0.15, 0.2) is 72.9 Å². The molecule has 3 rings (SSSR count). The minimum Gasteiger partial charge on any atom is -0.508 e. The number of benzene rings is 2. The molecule has 0 unspecified atom stereocenters. The maximum atomic E-state index is 12.5. The van der Waals surface area contributed by atoms with Gasteiger partial charge in [-0.05, 0) is 30.3 Å². The molecule has 22 heavy (non-hydrogen) atoms. The Morgan fingerprint density at radius 3 is 2.41 bits per heavy atom. The Morgan fingerprint density at radius 1 is 0.909 bits per heavy atom. The molecule has 0 saturated heterocycles. The van der Waals surface area contributed by atoms with Crippen LogP contribution in [-0.4, -0.2) is 15.9 Å². The lowest BCUT2D eigenvalue weighted by Crippen LogP contribution is -2.02. The van der Waals surface area contributed by atoms with Crippen molar-refractivity contribution >= 4 is 5.78 Å². The molecule has 0 amide bonds. The van der Waals surface area contributed by atoms with Crippen LogP contribution in [0.4, 0.5) is 0 Å². The second-order valence-corrected chi connectivity index (χ2v) is 5.04. The lowest BCUT2D eigenvalue weighted by Gasteiger charge is -2.07. The zero-order valence-electron chi connectivity index (χ0n) is 11.9. The highest BCUT2D eigenvalue weighted by molar-refractivity contribution is 6.09. The van der Waals surface area contributed by atoms with E-state index in [0.717, 1.165) is 5.69 Å². The van der Waals surface area contributed by atoms with Gasteiger partial charge in [0.1, 0.15) is 5.75 Å². The number of aromatic nitrogens is 1. The zero-order valence-corrected chi connectivity index (χ0v) is 11.9. The van der Waals surface area contributed by atoms with E-state index in [9.17, 15) is 9.90 Å². The third-order valence-corrected chi connectivity index (χ3v) is 3.48. The van der Waals surface area contributed by atoms with Crippen LogP contribution >= 0.6 is 0 Å². The first kappa shape index (κ1) is 14.0. The van der Waals surface area contributed by atoms with Gasteiger partial charge in [-0.1, -0.05) is 36.4 Å². The number of phenolic OH excluding ortho intramolecular Hbond substituents is 1. The molecule has 0 atom stereocenters. The Kier molecular flexibility index (Phi) is 3.97. The number of rotatable bonds is 4. The number of carbonyl (C=O) groups is 1. The van der Waals surface area contributed by atoms with E-state index in [1.165, 1.54) is 0 Å². The largest absolute Gasteiger partial charge is 0.508 e. The standard InChI is InChI=1S/C19H15NO2/c21-18-10-9-15(19(22)14-6-2-1-3-7-14)12-16(18)13-17-8-4-5-11-20-17/h1-12,21H,13H2. The Labute approximate surface area is 128 Å². The van der Waals surface area contributed by atoms with E-state index in [-0.39, 0.29) is 11.5 Å². The van der Waals surface area contributed by atoms with Gasteiger partial charge < -0.3 is 5.11 Å². The third-order valence-electron chi connectivity index (χ3n) is 3.48. The summed E-state index contributed by atoms with van der Waals surface area (Å²) in [7, 11) is 0. The number of hydrogen-bond acceptors (Lipinski definition) is 3. The van der Waals surface area contributed by atoms with Crippen LogP contribution in [0.3, 0.4) is 0 Å². The third kappa shape index (κ3) is 3.04. The summed E-state index contributed by atoms with van der Waals surface area (Å²) in [5.41, 5.74) is 2.74. The summed E-state index contributed by atoms with van der Waals surface area (Å²) in [6.45, 7) is 0. The monoisotopic (exact) mass is 289 g/mol. The van der Waals surface area contributed by atoms with Crippen molar-refractivity contribution in [3.8, 4) is 5.75 Å². The molecule has 1 aromatic heterocycles. The van der Waals surface area contributed by atoms with Gasteiger partial charge in [0.25, 0.3) is 0 Å². The molecule has 0 radical (unpaired) electrons. The molecule has 1 N–H and O–H groups in total. The number of aromatic hydroxyl groups is 1. The number of pyridine rings is 1. The lowest BCUT2D eigenvalue weighted by molar-refractivity contribution is 0.103. The summed E-state index contributed by atoms with van der Waals surface area (Å²) in [5, 5.41) is 10.0. The fourth-order valence-electron chi connectivity index (χ4n) is 2.32. The first-order valence-corrected chi connectivity index (χ1v) is 7.05. The summed E-state index contributed by atoms with van der Waals surface area (Å²) in [4.78, 5) is 16.7. The smallest absolute Gasteiger partial charge is 0.193 e. The highest BCUT2D eigenvalue weighted by atomic mass is 16.3. The predicted octanol–water partition coefficient (Wildman–Crippen LogP) is 3.61. The molecule has 0 aliphatic rings. The highest BCUT2D eigenvalue weighted by Crippen LogP contribution is 2.22. The quantitative estimate of drug-likeness (QED) is 0.746. The predicted molar refractivity (Wildman–Crippen MR) is 85.0 cm³/mol. The lowest BCUT2D eigenvalue weighted by atomic mass is 9.99. The minimum absolute atomic E-state index is 0.0529. The SMILES string of the molecule is O=C(c1ccccc1)c1ccc(O)c(Cc2ccccn2)c1. The maximum Gasteiger partial charge on any atom is 0.193 e. The topological polar surface area (TPSA) is 50.2 Å². The molecule has 0 spiro atoms. The fourth-order valence-corrected chi connectivity index (χ4v) is 2.32. The molecule has 0 fully saturated rings. The molecule has 0 aliphatic heterocycles. The van der Waals surface area contributed by atoms with Gasteiger partial charge in [0.2, 0.25) is 0 Å². The second-order valence-electron chi connectivity index (χ2n) is 5.04. The van der Waals surface area contributed by atoms with Crippen LogP contribution in [-0.2, 0) is 6.42 Å². The van der Waals surface area contributed by atoms with E-state index in [0.29, 0.717) is 23.1 Å². The van der Waals surface area contributed by atoms with Crippen molar-refractivity contribution in [2.24, 2.45) is 0 Å². The average Bonchev–Trinajstić information content (AvgIpc) is 2.58. The van der Waals surface area contributed by atoms with Crippen LogP contribution in [0.5, 0.6) is 5.75 Å². The van der Waals surface area contributed by atoms with Crippen LogP contribution in [0.2, 0.25) is 0 Å². The second kappa shape index (κ2) is 6.22. The van der Waals surface area contributed by atoms with Crippen molar-refractivity contribution in [3.05, 3.63) is 95.3 Å². The summed E-state index contributed by atoms with van der Waals surface area (Å²) < 4.78 is 0. The summed E-state index contributed by atoms with van der Waals surface area (Å²) in [5.74, 6) is 0.123. The molecule has 108 valence electrons. The van der Waals surface area contributed by atoms with Gasteiger partial charge >= 0.3 is 0 Å². The van der Waals surface area contributed by atoms with E-state index >= 15 is 0 Å². The fraction of sp³-hybridized carbons (Fsp3) is 0.0526. The van der Waals surface area contributed by atoms with Crippen LogP contribution < -0.4 is 0 Å². The summed E-state index contributed by atoms with van der Waals surface area (Å²) >= 11 is 0. The molecule has 1 heterocycles. The van der Waals surface area contributed by atoms with Crippen molar-refractivity contribution in [2.75, 3.05) is 0 Å². The van der Waals surface area contributed by atoms with E-state index in [1.54, 1.807) is 36.5 Å². The summed E-state index contributed by atoms with van der Waals surface area (Å²) in [6.07, 6.45) is 2.20. The van der Waals surface area contributed by atoms with Crippen LogP contribution in [0, 0.1) is 0 Å². The van der Waals surface area contributed by atoms with Gasteiger partial charge in [0, 0.05) is 35.0 Å². The van der Waals surface area contributed by atoms with E-state index in [1.807, 2.05) is 36.4 Å². The van der Waals surface area contributed by atoms with Gasteiger partial charge in [-0.2, -0.15) is 0 Å². The van der Waals surface area contributed by atoms with E-state index in [2.05, 4.69) is 4.98 Å². The van der Waals surface area contributed by atoms with Crippen molar-refractivity contribution in [1.82, 2.24) is 4.98 Å². The minimum atomic E-state index is -0.0529. The first-order valence-electron chi connectivity index (χ1n) is 7.05. The zero-order chi connectivity index (χ0) is 15.4. The Morgan fingerprint density at radius 2 is 1.68 bits per heavy atom. The molecule has 0 bridgehead atoms. The van der Waals surface area contributed by atoms with Crippen molar-refractivity contribution < 1.29 is 9.90 Å². The first-order chi connectivity index (χ1) is 10.7. The van der Waals surface area contributed by atoms with Gasteiger partial charge in [0.15, 0.2) is 5.78 Å². The number of ketones is 1. The van der Waals surface area contributed by atoms with Gasteiger partial charge in [-0.3, -0.25) is 9.78 Å². The molecule has 3 aromatic rings. The maximum absolute atomic E-state index is 12.5. The molecule has 3 nitrogen and oxygen atoms in total. The van der Waals surface area contributed by atoms with Crippen LogP contribution in [0.25, 0.3) is 0 Å². The van der Waals surface area contributed by atoms with E-state index < -0.39 is 0 Å². The average molecular weight is 289 g/mol. The number of phenols is 1. The molecule has 2 aromatic carbocycles. The van der Waals surface area contributed by atoms with Crippen LogP contribution in [0.1, 0.15) is 27.2 Å². The normalized spacial score (nSPS) is 10.4. The van der Waals surface area contributed by atoms with Gasteiger partial charge in [-0.15, -0.1) is 0 Å². The number of hydrogen-bond donors (Lipinski definition) is 1. The molecule has 0 aliphatic carbocycles. The Hall–Kier alpha value is -2.94. The van der Waals surface area contributed by atoms with Crippen molar-refractivity contribution in [1.29, 1.82) is 0 Å². The van der Waals surface area contributed by atoms with Gasteiger partial charge in [-0.25, -0.2) is 0 Å². The molecule has 0 saturated carbocycles. The Balaban J connectivity index is 1.91. The van der Waals surface area contributed by atoms with E-state index in [4.69, 9.17) is 0 Å². The highest BCUT2D eigenvalue weighted by Gasteiger charge is 2.12. The van der Waals surface area contributed by atoms with Crippen molar-refractivity contribution in [3.63, 3.8) is 0 Å². The van der Waals surface area contributed by atoms with Gasteiger partial charge in [0.05, 0.1) is 0 Å². The number of carbonyl (C=O) groups excluding carboxylic acids is 1.